The minimum absolute atomic E-state index is 0.0424. The highest BCUT2D eigenvalue weighted by molar-refractivity contribution is 7.18. The molecule has 4 aromatic rings. The Morgan fingerprint density at radius 3 is 2.73 bits per heavy atom. The number of carbonyl (C=O) groups excluding carboxylic acids is 1. The molecule has 0 aliphatic heterocycles. The first-order chi connectivity index (χ1) is 14.4. The molecular formula is C20H16N4O5S. The highest BCUT2D eigenvalue weighted by Gasteiger charge is 2.25. The van der Waals surface area contributed by atoms with Gasteiger partial charge in [0, 0.05) is 6.20 Å². The number of pyridine rings is 2. The van der Waals surface area contributed by atoms with Crippen molar-refractivity contribution in [2.24, 2.45) is 0 Å². The van der Waals surface area contributed by atoms with Crippen molar-refractivity contribution < 1.29 is 19.8 Å². The van der Waals surface area contributed by atoms with Crippen LogP contribution in [0, 0.1) is 0 Å². The molecule has 3 heterocycles. The lowest BCUT2D eigenvalue weighted by Gasteiger charge is -2.14. The van der Waals surface area contributed by atoms with Crippen molar-refractivity contribution >= 4 is 44.5 Å². The predicted molar refractivity (Wildman–Crippen MR) is 111 cm³/mol. The third-order valence-electron chi connectivity index (χ3n) is 4.57. The van der Waals surface area contributed by atoms with Crippen molar-refractivity contribution in [3.05, 3.63) is 63.5 Å². The lowest BCUT2D eigenvalue weighted by atomic mass is 10.1. The quantitative estimate of drug-likeness (QED) is 0.446. The molecular weight excluding hydrogens is 408 g/mol. The molecule has 9 nitrogen and oxygen atoms in total. The van der Waals surface area contributed by atoms with E-state index in [0.717, 1.165) is 10.2 Å². The fourth-order valence-electron chi connectivity index (χ4n) is 3.07. The summed E-state index contributed by atoms with van der Waals surface area (Å²) >= 11 is 1.40. The summed E-state index contributed by atoms with van der Waals surface area (Å²) in [6, 6.07) is 9.38. The van der Waals surface area contributed by atoms with Gasteiger partial charge in [0.2, 0.25) is 0 Å². The summed E-state index contributed by atoms with van der Waals surface area (Å²) in [5.74, 6) is -2.78. The molecule has 0 radical (unpaired) electrons. The number of carbonyl (C=O) groups is 2. The van der Waals surface area contributed by atoms with Crippen molar-refractivity contribution in [3.8, 4) is 5.75 Å². The van der Waals surface area contributed by atoms with Gasteiger partial charge in [-0.05, 0) is 31.2 Å². The van der Waals surface area contributed by atoms with Crippen LogP contribution in [0.4, 0.5) is 0 Å². The summed E-state index contributed by atoms with van der Waals surface area (Å²) in [7, 11) is 0. The molecule has 3 aromatic heterocycles. The van der Waals surface area contributed by atoms with Gasteiger partial charge in [-0.3, -0.25) is 19.0 Å². The van der Waals surface area contributed by atoms with Gasteiger partial charge in [0.25, 0.3) is 11.5 Å². The Labute approximate surface area is 173 Å². The molecule has 0 saturated carbocycles. The van der Waals surface area contributed by atoms with Crippen LogP contribution in [0.3, 0.4) is 0 Å². The first-order valence-corrected chi connectivity index (χ1v) is 9.77. The third kappa shape index (κ3) is 3.37. The number of benzene rings is 1. The summed E-state index contributed by atoms with van der Waals surface area (Å²) < 4.78 is 2.21. The van der Waals surface area contributed by atoms with Crippen molar-refractivity contribution in [1.82, 2.24) is 19.9 Å². The van der Waals surface area contributed by atoms with Crippen LogP contribution in [-0.2, 0) is 11.3 Å². The maximum absolute atomic E-state index is 13.1. The van der Waals surface area contributed by atoms with Gasteiger partial charge in [0.1, 0.15) is 28.0 Å². The summed E-state index contributed by atoms with van der Waals surface area (Å²) in [6.07, 6.45) is 1.47. The first-order valence-electron chi connectivity index (χ1n) is 8.95. The van der Waals surface area contributed by atoms with E-state index in [-0.39, 0.29) is 17.6 Å². The van der Waals surface area contributed by atoms with Gasteiger partial charge in [-0.25, -0.2) is 9.97 Å². The molecule has 1 aromatic carbocycles. The smallest absolute Gasteiger partial charge is 0.325 e. The molecule has 1 amide bonds. The molecule has 3 N–H and O–H groups in total. The molecule has 10 heteroatoms. The summed E-state index contributed by atoms with van der Waals surface area (Å²) in [4.78, 5) is 45.5. The average Bonchev–Trinajstić information content (AvgIpc) is 3.13. The first kappa shape index (κ1) is 19.5. The maximum Gasteiger partial charge on any atom is 0.325 e. The number of aromatic hydroxyl groups is 1. The predicted octanol–water partition coefficient (Wildman–Crippen LogP) is 1.96. The number of aliphatic carboxylic acids is 1. The lowest BCUT2D eigenvalue weighted by molar-refractivity contribution is -0.138. The van der Waals surface area contributed by atoms with E-state index in [4.69, 9.17) is 5.11 Å². The zero-order chi connectivity index (χ0) is 21.4. The number of fused-ring (bicyclic) bond motifs is 2. The van der Waals surface area contributed by atoms with E-state index in [2.05, 4.69) is 15.3 Å². The number of nitrogens with zero attached hydrogens (tertiary/aromatic N) is 3. The number of nitrogens with one attached hydrogen (secondary N) is 1. The maximum atomic E-state index is 13.1. The van der Waals surface area contributed by atoms with Crippen molar-refractivity contribution in [1.29, 1.82) is 0 Å². The molecule has 0 saturated heterocycles. The highest BCUT2D eigenvalue weighted by Crippen LogP contribution is 2.27. The Morgan fingerprint density at radius 2 is 2.00 bits per heavy atom. The molecule has 4 rings (SSSR count). The van der Waals surface area contributed by atoms with Gasteiger partial charge < -0.3 is 15.5 Å². The monoisotopic (exact) mass is 424 g/mol. The fourth-order valence-corrected chi connectivity index (χ4v) is 4.03. The Balaban J connectivity index is 1.87. The third-order valence-corrected chi connectivity index (χ3v) is 5.59. The van der Waals surface area contributed by atoms with Gasteiger partial charge >= 0.3 is 5.97 Å². The second-order valence-electron chi connectivity index (χ2n) is 6.60. The number of amides is 1. The SMILES string of the molecule is CC(NC(=O)c1c(O)c2cccnc2n(Cc2nc3ccccc3s2)c1=O)C(=O)O. The Morgan fingerprint density at radius 1 is 1.23 bits per heavy atom. The Bertz CT molecular complexity index is 1330. The Kier molecular flexibility index (Phi) is 4.92. The fraction of sp³-hybridized carbons (Fsp3) is 0.150. The van der Waals surface area contributed by atoms with Crippen LogP contribution >= 0.6 is 11.3 Å². The second kappa shape index (κ2) is 7.56. The number of rotatable bonds is 5. The minimum atomic E-state index is -1.26. The van der Waals surface area contributed by atoms with Crippen LogP contribution in [-0.4, -0.2) is 42.7 Å². The zero-order valence-corrected chi connectivity index (χ0v) is 16.5. The van der Waals surface area contributed by atoms with Gasteiger partial charge in [-0.1, -0.05) is 12.1 Å². The summed E-state index contributed by atoms with van der Waals surface area (Å²) in [5.41, 5.74) is -0.338. The second-order valence-corrected chi connectivity index (χ2v) is 7.71. The van der Waals surface area contributed by atoms with E-state index in [0.29, 0.717) is 5.01 Å². The highest BCUT2D eigenvalue weighted by atomic mass is 32.1. The molecule has 152 valence electrons. The van der Waals surface area contributed by atoms with E-state index in [1.165, 1.54) is 35.1 Å². The Hall–Kier alpha value is -3.79. The molecule has 1 unspecified atom stereocenters. The van der Waals surface area contributed by atoms with E-state index < -0.39 is 34.8 Å². The van der Waals surface area contributed by atoms with Gasteiger partial charge in [0.15, 0.2) is 0 Å². The van der Waals surface area contributed by atoms with Crippen LogP contribution in [0.2, 0.25) is 0 Å². The zero-order valence-electron chi connectivity index (χ0n) is 15.7. The largest absolute Gasteiger partial charge is 0.506 e. The molecule has 0 aliphatic carbocycles. The topological polar surface area (TPSA) is 134 Å². The number of hydrogen-bond acceptors (Lipinski definition) is 7. The minimum Gasteiger partial charge on any atom is -0.506 e. The number of thiazole rings is 1. The summed E-state index contributed by atoms with van der Waals surface area (Å²) in [5, 5.41) is 22.6. The molecule has 30 heavy (non-hydrogen) atoms. The number of carboxylic acid groups (broad SMARTS) is 1. The van der Waals surface area contributed by atoms with Gasteiger partial charge in [-0.2, -0.15) is 0 Å². The lowest BCUT2D eigenvalue weighted by Crippen LogP contribution is -2.41. The van der Waals surface area contributed by atoms with Crippen LogP contribution < -0.4 is 10.9 Å². The van der Waals surface area contributed by atoms with E-state index >= 15 is 0 Å². The number of carboxylic acids is 1. The molecule has 0 aliphatic rings. The van der Waals surface area contributed by atoms with E-state index in [9.17, 15) is 19.5 Å². The number of aromatic nitrogens is 3. The van der Waals surface area contributed by atoms with Crippen molar-refractivity contribution in [2.45, 2.75) is 19.5 Å². The number of hydrogen-bond donors (Lipinski definition) is 3. The van der Waals surface area contributed by atoms with Crippen LogP contribution in [0.5, 0.6) is 5.75 Å². The van der Waals surface area contributed by atoms with Crippen LogP contribution in [0.15, 0.2) is 47.4 Å². The van der Waals surface area contributed by atoms with E-state index in [1.54, 1.807) is 6.07 Å². The van der Waals surface area contributed by atoms with E-state index in [1.807, 2.05) is 24.3 Å². The normalized spacial score (nSPS) is 12.2. The molecule has 1 atom stereocenters. The standard InChI is InChI=1S/C20H16N4O5S/c1-10(20(28)29)22-18(26)15-16(25)11-5-4-8-21-17(11)24(19(15)27)9-14-23-12-6-2-3-7-13(12)30-14/h2-8,10,25H,9H2,1H3,(H,22,26)(H,28,29). The average molecular weight is 424 g/mol. The number of para-hydroxylation sites is 1. The summed E-state index contributed by atoms with van der Waals surface area (Å²) in [6.45, 7) is 1.31. The van der Waals surface area contributed by atoms with Gasteiger partial charge in [-0.15, -0.1) is 11.3 Å². The molecule has 0 spiro atoms. The van der Waals surface area contributed by atoms with Crippen molar-refractivity contribution in [3.63, 3.8) is 0 Å². The van der Waals surface area contributed by atoms with Crippen LogP contribution in [0.25, 0.3) is 21.3 Å². The molecule has 0 bridgehead atoms. The van der Waals surface area contributed by atoms with Gasteiger partial charge in [0.05, 0.1) is 22.1 Å². The van der Waals surface area contributed by atoms with Crippen molar-refractivity contribution in [2.75, 3.05) is 0 Å². The van der Waals surface area contributed by atoms with Crippen LogP contribution in [0.1, 0.15) is 22.3 Å². The molecule has 0 fully saturated rings.